The number of nitrogens with one attached hydrogen (secondary N) is 1. The number of alkyl halides is 3. The highest BCUT2D eigenvalue weighted by atomic mass is 19.4. The Morgan fingerprint density at radius 1 is 1.23 bits per heavy atom. The lowest BCUT2D eigenvalue weighted by Crippen LogP contribution is -2.33. The fourth-order valence-electron chi connectivity index (χ4n) is 3.25. The summed E-state index contributed by atoms with van der Waals surface area (Å²) in [5.74, 6) is 0.507. The molecule has 0 spiro atoms. The van der Waals surface area contributed by atoms with E-state index >= 15 is 0 Å². The van der Waals surface area contributed by atoms with Gasteiger partial charge in [0, 0.05) is 13.0 Å². The monoisotopic (exact) mass is 437 g/mol. The third-order valence-corrected chi connectivity index (χ3v) is 4.58. The maximum atomic E-state index is 12.3. The van der Waals surface area contributed by atoms with Crippen LogP contribution in [-0.2, 0) is 11.3 Å². The Morgan fingerprint density at radius 2 is 1.90 bits per heavy atom. The van der Waals surface area contributed by atoms with Gasteiger partial charge in [0.1, 0.15) is 23.9 Å². The van der Waals surface area contributed by atoms with Crippen LogP contribution in [0.4, 0.5) is 24.7 Å². The fraction of sp³-hybridized carbons (Fsp3) is 0.455. The summed E-state index contributed by atoms with van der Waals surface area (Å²) in [6, 6.07) is 7.67. The summed E-state index contributed by atoms with van der Waals surface area (Å²) in [5.41, 5.74) is 2.25. The van der Waals surface area contributed by atoms with Crippen LogP contribution in [0.15, 0.2) is 30.3 Å². The number of hydrogen-bond donors (Lipinski definition) is 1. The smallest absolute Gasteiger partial charge is 0.474 e. The van der Waals surface area contributed by atoms with Gasteiger partial charge in [-0.25, -0.2) is 0 Å². The minimum absolute atomic E-state index is 0.114. The van der Waals surface area contributed by atoms with Crippen molar-refractivity contribution < 1.29 is 27.4 Å². The second kappa shape index (κ2) is 8.64. The quantitative estimate of drug-likeness (QED) is 0.708. The Morgan fingerprint density at radius 3 is 2.52 bits per heavy atom. The highest BCUT2D eigenvalue weighted by Gasteiger charge is 2.31. The van der Waals surface area contributed by atoms with Crippen LogP contribution in [0, 0.1) is 12.3 Å². The molecule has 9 heteroatoms. The van der Waals surface area contributed by atoms with Crippen LogP contribution in [0.3, 0.4) is 0 Å². The number of amides is 1. The number of rotatable bonds is 5. The van der Waals surface area contributed by atoms with E-state index < -0.39 is 6.36 Å². The number of carbonyl (C=O) groups excluding carboxylic acids is 1. The summed E-state index contributed by atoms with van der Waals surface area (Å²) in [4.78, 5) is 18.8. The standard InChI is InChI=1S/C22H26F3N3O3/c1-14-11-17-20(27-19(14)26-18(29)12-21(2,3)4)30-10-9-28(17)13-15-5-7-16(8-6-15)31-22(23,24)25/h5-8,11H,9-10,12-13H2,1-4H3,(H,26,27,29). The van der Waals surface area contributed by atoms with Crippen molar-refractivity contribution >= 4 is 17.4 Å². The molecule has 31 heavy (non-hydrogen) atoms. The van der Waals surface area contributed by atoms with Gasteiger partial charge < -0.3 is 19.7 Å². The average molecular weight is 437 g/mol. The summed E-state index contributed by atoms with van der Waals surface area (Å²) >= 11 is 0. The van der Waals surface area contributed by atoms with Gasteiger partial charge in [-0.3, -0.25) is 4.79 Å². The predicted molar refractivity (Wildman–Crippen MR) is 111 cm³/mol. The molecule has 1 aliphatic rings. The van der Waals surface area contributed by atoms with Crippen LogP contribution < -0.4 is 19.7 Å². The molecule has 2 heterocycles. The molecule has 0 unspecified atom stereocenters. The van der Waals surface area contributed by atoms with Crippen LogP contribution >= 0.6 is 0 Å². The van der Waals surface area contributed by atoms with Crippen LogP contribution in [-0.4, -0.2) is 30.4 Å². The average Bonchev–Trinajstić information content (AvgIpc) is 2.62. The number of nitrogens with zero attached hydrogens (tertiary/aromatic N) is 2. The number of carbonyl (C=O) groups is 1. The van der Waals surface area contributed by atoms with E-state index in [4.69, 9.17) is 4.74 Å². The van der Waals surface area contributed by atoms with Gasteiger partial charge in [0.2, 0.25) is 11.8 Å². The zero-order chi connectivity index (χ0) is 22.8. The molecular formula is C22H26F3N3O3. The topological polar surface area (TPSA) is 63.7 Å². The van der Waals surface area contributed by atoms with Crippen LogP contribution in [0.25, 0.3) is 0 Å². The molecule has 0 fully saturated rings. The molecule has 0 atom stereocenters. The molecule has 0 radical (unpaired) electrons. The van der Waals surface area contributed by atoms with Crippen molar-refractivity contribution in [3.8, 4) is 11.6 Å². The zero-order valence-electron chi connectivity index (χ0n) is 18.0. The molecule has 0 saturated carbocycles. The number of halogens is 3. The molecule has 168 valence electrons. The van der Waals surface area contributed by atoms with Crippen molar-refractivity contribution in [2.45, 2.75) is 47.0 Å². The van der Waals surface area contributed by atoms with Crippen molar-refractivity contribution in [2.75, 3.05) is 23.4 Å². The van der Waals surface area contributed by atoms with Gasteiger partial charge in [-0.15, -0.1) is 13.2 Å². The molecule has 1 aromatic heterocycles. The van der Waals surface area contributed by atoms with E-state index in [9.17, 15) is 18.0 Å². The first-order valence-electron chi connectivity index (χ1n) is 9.93. The van der Waals surface area contributed by atoms with Crippen molar-refractivity contribution in [1.82, 2.24) is 4.98 Å². The van der Waals surface area contributed by atoms with Gasteiger partial charge in [-0.1, -0.05) is 32.9 Å². The largest absolute Gasteiger partial charge is 0.573 e. The Kier molecular flexibility index (Phi) is 6.33. The van der Waals surface area contributed by atoms with E-state index in [0.717, 1.165) is 16.8 Å². The highest BCUT2D eigenvalue weighted by Crippen LogP contribution is 2.35. The summed E-state index contributed by atoms with van der Waals surface area (Å²) in [6.45, 7) is 9.31. The minimum Gasteiger partial charge on any atom is -0.474 e. The SMILES string of the molecule is Cc1cc2c(nc1NC(=O)CC(C)(C)C)OCCN2Cc1ccc(OC(F)(F)F)cc1. The third-order valence-electron chi connectivity index (χ3n) is 4.58. The van der Waals surface area contributed by atoms with Gasteiger partial charge >= 0.3 is 6.36 Å². The Hall–Kier alpha value is -2.97. The van der Waals surface area contributed by atoms with Gasteiger partial charge in [-0.05, 0) is 41.7 Å². The first-order valence-corrected chi connectivity index (χ1v) is 9.93. The Labute approximate surface area is 179 Å². The molecular weight excluding hydrogens is 411 g/mol. The van der Waals surface area contributed by atoms with E-state index in [1.54, 1.807) is 12.1 Å². The van der Waals surface area contributed by atoms with Crippen LogP contribution in [0.2, 0.25) is 0 Å². The van der Waals surface area contributed by atoms with E-state index in [-0.39, 0.29) is 17.1 Å². The molecule has 1 N–H and O–H groups in total. The number of benzene rings is 1. The number of hydrogen-bond acceptors (Lipinski definition) is 5. The van der Waals surface area contributed by atoms with Crippen molar-refractivity contribution in [3.05, 3.63) is 41.5 Å². The lowest BCUT2D eigenvalue weighted by Gasteiger charge is -2.31. The third kappa shape index (κ3) is 6.50. The molecule has 1 amide bonds. The van der Waals surface area contributed by atoms with Crippen LogP contribution in [0.5, 0.6) is 11.6 Å². The van der Waals surface area contributed by atoms with Gasteiger partial charge in [0.15, 0.2) is 0 Å². The Bertz CT molecular complexity index is 938. The Balaban J connectivity index is 1.74. The first-order chi connectivity index (χ1) is 14.4. The summed E-state index contributed by atoms with van der Waals surface area (Å²) in [5, 5.41) is 2.85. The summed E-state index contributed by atoms with van der Waals surface area (Å²) < 4.78 is 46.6. The molecule has 0 saturated heterocycles. The highest BCUT2D eigenvalue weighted by molar-refractivity contribution is 5.91. The van der Waals surface area contributed by atoms with Crippen molar-refractivity contribution in [2.24, 2.45) is 5.41 Å². The number of ether oxygens (including phenoxy) is 2. The van der Waals surface area contributed by atoms with E-state index in [0.29, 0.717) is 37.8 Å². The molecule has 6 nitrogen and oxygen atoms in total. The zero-order valence-corrected chi connectivity index (χ0v) is 18.0. The second-order valence-electron chi connectivity index (χ2n) is 8.73. The van der Waals surface area contributed by atoms with Crippen molar-refractivity contribution in [1.29, 1.82) is 0 Å². The van der Waals surface area contributed by atoms with Crippen LogP contribution in [0.1, 0.15) is 38.3 Å². The normalized spacial score (nSPS) is 14.0. The summed E-state index contributed by atoms with van der Waals surface area (Å²) in [7, 11) is 0. The maximum absolute atomic E-state index is 12.3. The summed E-state index contributed by atoms with van der Waals surface area (Å²) in [6.07, 6.45) is -4.35. The maximum Gasteiger partial charge on any atom is 0.573 e. The van der Waals surface area contributed by atoms with E-state index in [1.165, 1.54) is 12.1 Å². The van der Waals surface area contributed by atoms with E-state index in [1.807, 2.05) is 38.7 Å². The molecule has 1 aromatic carbocycles. The van der Waals surface area contributed by atoms with E-state index in [2.05, 4.69) is 15.0 Å². The van der Waals surface area contributed by atoms with Crippen molar-refractivity contribution in [3.63, 3.8) is 0 Å². The number of fused-ring (bicyclic) bond motifs is 1. The molecule has 2 aromatic rings. The molecule has 0 bridgehead atoms. The number of pyridine rings is 1. The number of aromatic nitrogens is 1. The predicted octanol–water partition coefficient (Wildman–Crippen LogP) is 5.06. The lowest BCUT2D eigenvalue weighted by atomic mass is 9.92. The molecule has 3 rings (SSSR count). The molecule has 0 aliphatic carbocycles. The minimum atomic E-state index is -4.71. The second-order valence-corrected chi connectivity index (χ2v) is 8.73. The van der Waals surface area contributed by atoms with Gasteiger partial charge in [0.05, 0.1) is 6.54 Å². The first kappa shape index (κ1) is 22.7. The number of aryl methyl sites for hydroxylation is 1. The lowest BCUT2D eigenvalue weighted by molar-refractivity contribution is -0.274. The molecule has 1 aliphatic heterocycles. The number of anilines is 2. The van der Waals surface area contributed by atoms with Gasteiger partial charge in [-0.2, -0.15) is 4.98 Å². The fourth-order valence-corrected chi connectivity index (χ4v) is 3.25. The van der Waals surface area contributed by atoms with Gasteiger partial charge in [0.25, 0.3) is 0 Å².